The second-order valence-electron chi connectivity index (χ2n) is 6.48. The van der Waals surface area contributed by atoms with Crippen LogP contribution in [0.3, 0.4) is 0 Å². The van der Waals surface area contributed by atoms with Gasteiger partial charge in [0.25, 0.3) is 5.91 Å². The Labute approximate surface area is 165 Å². The van der Waals surface area contributed by atoms with E-state index in [0.29, 0.717) is 17.8 Å². The van der Waals surface area contributed by atoms with E-state index in [1.165, 1.54) is 6.07 Å². The molecule has 2 N–H and O–H groups in total. The van der Waals surface area contributed by atoms with Crippen LogP contribution < -0.4 is 5.32 Å². The van der Waals surface area contributed by atoms with E-state index in [1.807, 2.05) is 49.3 Å². The van der Waals surface area contributed by atoms with Crippen molar-refractivity contribution in [3.63, 3.8) is 0 Å². The van der Waals surface area contributed by atoms with Gasteiger partial charge in [0.1, 0.15) is 5.75 Å². The SMILES string of the molecule is CN(C)Cc1cc(-c2ccccc2)ccc1C(=O)Nc1cccc(O)c1.Cl. The van der Waals surface area contributed by atoms with E-state index in [1.54, 1.807) is 18.2 Å². The van der Waals surface area contributed by atoms with E-state index in [9.17, 15) is 9.90 Å². The fraction of sp³-hybridized carbons (Fsp3) is 0.136. The lowest BCUT2D eigenvalue weighted by Gasteiger charge is -2.16. The van der Waals surface area contributed by atoms with Gasteiger partial charge in [-0.15, -0.1) is 12.4 Å². The maximum absolute atomic E-state index is 12.8. The van der Waals surface area contributed by atoms with Gasteiger partial charge in [-0.1, -0.05) is 42.5 Å². The summed E-state index contributed by atoms with van der Waals surface area (Å²) in [5, 5.41) is 12.4. The summed E-state index contributed by atoms with van der Waals surface area (Å²) in [6, 6.07) is 22.5. The molecule has 140 valence electrons. The van der Waals surface area contributed by atoms with Crippen molar-refractivity contribution in [1.29, 1.82) is 0 Å². The molecule has 1 amide bonds. The van der Waals surface area contributed by atoms with Crippen LogP contribution in [0.4, 0.5) is 5.69 Å². The van der Waals surface area contributed by atoms with Crippen molar-refractivity contribution in [2.45, 2.75) is 6.54 Å². The van der Waals surface area contributed by atoms with Gasteiger partial charge in [0.2, 0.25) is 0 Å². The average Bonchev–Trinajstić information content (AvgIpc) is 2.62. The molecule has 0 spiro atoms. The Morgan fingerprint density at radius 1 is 0.926 bits per heavy atom. The molecule has 0 heterocycles. The lowest BCUT2D eigenvalue weighted by molar-refractivity contribution is 0.102. The fourth-order valence-corrected chi connectivity index (χ4v) is 2.88. The highest BCUT2D eigenvalue weighted by Gasteiger charge is 2.14. The standard InChI is InChI=1S/C22H22N2O2.ClH/c1-24(2)15-18-13-17(16-7-4-3-5-8-16)11-12-21(18)22(26)23-19-9-6-10-20(25)14-19;/h3-14,25H,15H2,1-2H3,(H,23,26);1H. The molecular formula is C22H23ClN2O2. The Morgan fingerprint density at radius 2 is 1.67 bits per heavy atom. The Hall–Kier alpha value is -2.82. The zero-order valence-corrected chi connectivity index (χ0v) is 16.2. The van der Waals surface area contributed by atoms with Crippen LogP contribution in [-0.2, 0) is 6.54 Å². The first-order chi connectivity index (χ1) is 12.5. The maximum Gasteiger partial charge on any atom is 0.255 e. The Kier molecular flexibility index (Phi) is 6.99. The van der Waals surface area contributed by atoms with Crippen molar-refractivity contribution in [1.82, 2.24) is 4.90 Å². The van der Waals surface area contributed by atoms with Crippen LogP contribution in [0.2, 0.25) is 0 Å². The number of carbonyl (C=O) groups is 1. The van der Waals surface area contributed by atoms with E-state index in [0.717, 1.165) is 16.7 Å². The number of rotatable bonds is 5. The number of phenols is 1. The molecule has 0 saturated carbocycles. The molecule has 0 radical (unpaired) electrons. The minimum Gasteiger partial charge on any atom is -0.508 e. The molecular weight excluding hydrogens is 360 g/mol. The van der Waals surface area contributed by atoms with Gasteiger partial charge in [0, 0.05) is 23.9 Å². The zero-order valence-electron chi connectivity index (χ0n) is 15.3. The molecule has 0 aliphatic rings. The number of hydrogen-bond donors (Lipinski definition) is 2. The summed E-state index contributed by atoms with van der Waals surface area (Å²) >= 11 is 0. The number of phenolic OH excluding ortho intramolecular Hbond substituents is 1. The third-order valence-corrected chi connectivity index (χ3v) is 4.05. The largest absolute Gasteiger partial charge is 0.508 e. The lowest BCUT2D eigenvalue weighted by atomic mass is 9.98. The zero-order chi connectivity index (χ0) is 18.5. The van der Waals surface area contributed by atoms with Gasteiger partial charge in [0.05, 0.1) is 0 Å². The predicted molar refractivity (Wildman–Crippen MR) is 113 cm³/mol. The molecule has 3 aromatic carbocycles. The number of nitrogens with zero attached hydrogens (tertiary/aromatic N) is 1. The highest BCUT2D eigenvalue weighted by molar-refractivity contribution is 6.05. The number of anilines is 1. The van der Waals surface area contributed by atoms with Gasteiger partial charge in [-0.2, -0.15) is 0 Å². The maximum atomic E-state index is 12.8. The van der Waals surface area contributed by atoms with Gasteiger partial charge in [-0.05, 0) is 55.1 Å². The first-order valence-corrected chi connectivity index (χ1v) is 8.46. The van der Waals surface area contributed by atoms with Gasteiger partial charge in [-0.25, -0.2) is 0 Å². The van der Waals surface area contributed by atoms with E-state index in [-0.39, 0.29) is 24.1 Å². The van der Waals surface area contributed by atoms with Crippen LogP contribution in [0, 0.1) is 0 Å². The summed E-state index contributed by atoms with van der Waals surface area (Å²) < 4.78 is 0. The smallest absolute Gasteiger partial charge is 0.255 e. The highest BCUT2D eigenvalue weighted by atomic mass is 35.5. The van der Waals surface area contributed by atoms with Crippen molar-refractivity contribution < 1.29 is 9.90 Å². The molecule has 3 rings (SSSR count). The van der Waals surface area contributed by atoms with E-state index in [4.69, 9.17) is 0 Å². The summed E-state index contributed by atoms with van der Waals surface area (Å²) in [6.45, 7) is 0.656. The third kappa shape index (κ3) is 5.33. The molecule has 0 aliphatic carbocycles. The molecule has 0 atom stereocenters. The number of amides is 1. The minimum atomic E-state index is -0.188. The van der Waals surface area contributed by atoms with Crippen LogP contribution in [0.25, 0.3) is 11.1 Å². The molecule has 0 fully saturated rings. The Bertz CT molecular complexity index is 911. The molecule has 27 heavy (non-hydrogen) atoms. The molecule has 0 bridgehead atoms. The number of benzene rings is 3. The molecule has 3 aromatic rings. The highest BCUT2D eigenvalue weighted by Crippen LogP contribution is 2.24. The monoisotopic (exact) mass is 382 g/mol. The van der Waals surface area contributed by atoms with Gasteiger partial charge < -0.3 is 15.3 Å². The van der Waals surface area contributed by atoms with E-state index >= 15 is 0 Å². The third-order valence-electron chi connectivity index (χ3n) is 4.05. The molecule has 5 heteroatoms. The summed E-state index contributed by atoms with van der Waals surface area (Å²) in [7, 11) is 3.96. The number of carbonyl (C=O) groups excluding carboxylic acids is 1. The Morgan fingerprint density at radius 3 is 2.33 bits per heavy atom. The van der Waals surface area contributed by atoms with Crippen LogP contribution in [0.15, 0.2) is 72.8 Å². The van der Waals surface area contributed by atoms with Crippen LogP contribution >= 0.6 is 12.4 Å². The number of nitrogens with one attached hydrogen (secondary N) is 1. The van der Waals surface area contributed by atoms with Gasteiger partial charge >= 0.3 is 0 Å². The number of hydrogen-bond acceptors (Lipinski definition) is 3. The van der Waals surface area contributed by atoms with Gasteiger partial charge in [-0.3, -0.25) is 4.79 Å². The summed E-state index contributed by atoms with van der Waals surface area (Å²) in [6.07, 6.45) is 0. The van der Waals surface area contributed by atoms with Crippen molar-refractivity contribution in [3.8, 4) is 16.9 Å². The van der Waals surface area contributed by atoms with Gasteiger partial charge in [0.15, 0.2) is 0 Å². The first-order valence-electron chi connectivity index (χ1n) is 8.46. The molecule has 0 unspecified atom stereocenters. The quantitative estimate of drug-likeness (QED) is 0.666. The Balaban J connectivity index is 0.00000261. The second-order valence-corrected chi connectivity index (χ2v) is 6.48. The minimum absolute atomic E-state index is 0. The summed E-state index contributed by atoms with van der Waals surface area (Å²) in [5.41, 5.74) is 4.34. The molecule has 0 aromatic heterocycles. The molecule has 4 nitrogen and oxygen atoms in total. The predicted octanol–water partition coefficient (Wildman–Crippen LogP) is 4.79. The van der Waals surface area contributed by atoms with Crippen molar-refractivity contribution in [2.24, 2.45) is 0 Å². The normalized spacial score (nSPS) is 10.3. The van der Waals surface area contributed by atoms with Crippen molar-refractivity contribution >= 4 is 24.0 Å². The van der Waals surface area contributed by atoms with Crippen LogP contribution in [0.1, 0.15) is 15.9 Å². The fourth-order valence-electron chi connectivity index (χ4n) is 2.88. The van der Waals surface area contributed by atoms with Crippen LogP contribution in [-0.4, -0.2) is 30.0 Å². The van der Waals surface area contributed by atoms with E-state index in [2.05, 4.69) is 23.5 Å². The number of aromatic hydroxyl groups is 1. The second kappa shape index (κ2) is 9.21. The topological polar surface area (TPSA) is 52.6 Å². The van der Waals surface area contributed by atoms with Crippen molar-refractivity contribution in [2.75, 3.05) is 19.4 Å². The number of halogens is 1. The first kappa shape index (κ1) is 20.5. The van der Waals surface area contributed by atoms with Crippen LogP contribution in [0.5, 0.6) is 5.75 Å². The van der Waals surface area contributed by atoms with E-state index < -0.39 is 0 Å². The van der Waals surface area contributed by atoms with Crippen molar-refractivity contribution in [3.05, 3.63) is 83.9 Å². The summed E-state index contributed by atoms with van der Waals surface area (Å²) in [5.74, 6) is -0.0668. The average molecular weight is 383 g/mol. The summed E-state index contributed by atoms with van der Waals surface area (Å²) in [4.78, 5) is 14.8. The molecule has 0 saturated heterocycles. The lowest BCUT2D eigenvalue weighted by Crippen LogP contribution is -2.18. The molecule has 0 aliphatic heterocycles.